The number of rotatable bonds is 11. The van der Waals surface area contributed by atoms with E-state index in [2.05, 4.69) is 6.92 Å². The fourth-order valence-corrected chi connectivity index (χ4v) is 3.94. The van der Waals surface area contributed by atoms with E-state index in [1.807, 2.05) is 60.7 Å². The van der Waals surface area contributed by atoms with Crippen molar-refractivity contribution in [2.45, 2.75) is 52.4 Å². The summed E-state index contributed by atoms with van der Waals surface area (Å²) in [6.07, 6.45) is 8.21. The van der Waals surface area contributed by atoms with E-state index in [0.717, 1.165) is 23.3 Å². The van der Waals surface area contributed by atoms with Crippen LogP contribution in [0.25, 0.3) is 6.08 Å². The predicted molar refractivity (Wildman–Crippen MR) is 134 cm³/mol. The van der Waals surface area contributed by atoms with E-state index in [1.54, 1.807) is 13.0 Å². The van der Waals surface area contributed by atoms with Crippen LogP contribution in [0, 0.1) is 11.3 Å². The molecule has 0 saturated heterocycles. The third-order valence-corrected chi connectivity index (χ3v) is 6.00. The van der Waals surface area contributed by atoms with Crippen LogP contribution in [0.1, 0.15) is 57.1 Å². The Balaban J connectivity index is 1.71. The van der Waals surface area contributed by atoms with E-state index in [9.17, 15) is 14.9 Å². The highest BCUT2D eigenvalue weighted by Gasteiger charge is 2.35. The quantitative estimate of drug-likeness (QED) is 0.241. The minimum atomic E-state index is -0.527. The van der Waals surface area contributed by atoms with Gasteiger partial charge in [0.15, 0.2) is 0 Å². The number of ether oxygens (including phenoxy) is 1. The molecule has 0 aliphatic carbocycles. The molecule has 176 valence electrons. The smallest absolute Gasteiger partial charge is 0.271 e. The molecule has 2 aromatic carbocycles. The highest BCUT2D eigenvalue weighted by molar-refractivity contribution is 6.19. The minimum absolute atomic E-state index is 0.0157. The van der Waals surface area contributed by atoms with Gasteiger partial charge in [0.2, 0.25) is 0 Å². The highest BCUT2D eigenvalue weighted by atomic mass is 16.5. The molecule has 2 amide bonds. The Morgan fingerprint density at radius 2 is 1.65 bits per heavy atom. The van der Waals surface area contributed by atoms with Crippen molar-refractivity contribution in [3.8, 4) is 11.8 Å². The summed E-state index contributed by atoms with van der Waals surface area (Å²) in [6.45, 7) is 4.77. The molecule has 1 aliphatic rings. The van der Waals surface area contributed by atoms with E-state index in [-0.39, 0.29) is 18.0 Å². The number of nitriles is 1. The van der Waals surface area contributed by atoms with Gasteiger partial charge in [-0.15, -0.1) is 0 Å². The molecule has 5 nitrogen and oxygen atoms in total. The van der Waals surface area contributed by atoms with Crippen LogP contribution in [0.4, 0.5) is 0 Å². The zero-order chi connectivity index (χ0) is 24.3. The van der Waals surface area contributed by atoms with Crippen LogP contribution < -0.4 is 4.74 Å². The molecule has 0 spiro atoms. The molecule has 1 aliphatic heterocycles. The van der Waals surface area contributed by atoms with Gasteiger partial charge in [0.25, 0.3) is 11.8 Å². The molecule has 3 rings (SSSR count). The summed E-state index contributed by atoms with van der Waals surface area (Å²) in [6, 6.07) is 19.2. The number of amides is 2. The first-order valence-corrected chi connectivity index (χ1v) is 12.0. The molecule has 1 heterocycles. The van der Waals surface area contributed by atoms with Crippen molar-refractivity contribution in [2.75, 3.05) is 13.2 Å². The van der Waals surface area contributed by atoms with Gasteiger partial charge in [0, 0.05) is 12.1 Å². The lowest BCUT2D eigenvalue weighted by Crippen LogP contribution is -2.43. The van der Waals surface area contributed by atoms with Crippen molar-refractivity contribution in [2.24, 2.45) is 0 Å². The average molecular weight is 457 g/mol. The monoisotopic (exact) mass is 456 g/mol. The van der Waals surface area contributed by atoms with Crippen molar-refractivity contribution in [3.05, 3.63) is 82.4 Å². The van der Waals surface area contributed by atoms with Gasteiger partial charge in [0.05, 0.1) is 6.61 Å². The van der Waals surface area contributed by atoms with Crippen LogP contribution in [0.5, 0.6) is 5.75 Å². The molecule has 0 fully saturated rings. The second-order valence-electron chi connectivity index (χ2n) is 8.50. The number of hydrogen-bond donors (Lipinski definition) is 0. The Morgan fingerprint density at radius 3 is 2.32 bits per heavy atom. The third kappa shape index (κ3) is 6.45. The largest absolute Gasteiger partial charge is 0.494 e. The number of carbonyl (C=O) groups is 2. The minimum Gasteiger partial charge on any atom is -0.494 e. The van der Waals surface area contributed by atoms with E-state index in [1.165, 1.54) is 30.6 Å². The first kappa shape index (κ1) is 25.0. The molecule has 0 unspecified atom stereocenters. The Hall–Kier alpha value is -3.65. The van der Waals surface area contributed by atoms with E-state index >= 15 is 0 Å². The molecule has 5 heteroatoms. The summed E-state index contributed by atoms with van der Waals surface area (Å²) in [7, 11) is 0. The first-order chi connectivity index (χ1) is 16.5. The van der Waals surface area contributed by atoms with Gasteiger partial charge in [-0.3, -0.25) is 14.5 Å². The number of hydrogen-bond acceptors (Lipinski definition) is 4. The second-order valence-corrected chi connectivity index (χ2v) is 8.50. The maximum absolute atomic E-state index is 13.2. The number of benzene rings is 2. The molecule has 34 heavy (non-hydrogen) atoms. The van der Waals surface area contributed by atoms with Crippen LogP contribution >= 0.6 is 0 Å². The van der Waals surface area contributed by atoms with Gasteiger partial charge in [-0.05, 0) is 54.7 Å². The Morgan fingerprint density at radius 1 is 0.941 bits per heavy atom. The number of unbranched alkanes of at least 4 members (excludes halogenated alkanes) is 4. The molecule has 0 radical (unpaired) electrons. The maximum Gasteiger partial charge on any atom is 0.271 e. The SMILES string of the molecule is CCCCCCCOc1ccc(/C=C2/C(=O)N(CCc3ccccc3)C(=O)C(C#N)=C2C)cc1. The summed E-state index contributed by atoms with van der Waals surface area (Å²) in [5.41, 5.74) is 2.64. The van der Waals surface area contributed by atoms with E-state index in [0.29, 0.717) is 24.2 Å². The number of imide groups is 1. The summed E-state index contributed by atoms with van der Waals surface area (Å²) in [5, 5.41) is 9.58. The average Bonchev–Trinajstić information content (AvgIpc) is 2.85. The molecule has 0 atom stereocenters. The van der Waals surface area contributed by atoms with Crippen LogP contribution in [0.3, 0.4) is 0 Å². The van der Waals surface area contributed by atoms with Crippen LogP contribution in [0.15, 0.2) is 71.3 Å². The number of nitrogens with zero attached hydrogens (tertiary/aromatic N) is 2. The zero-order valence-electron chi connectivity index (χ0n) is 20.0. The van der Waals surface area contributed by atoms with E-state index < -0.39 is 5.91 Å². The van der Waals surface area contributed by atoms with Gasteiger partial charge in [-0.1, -0.05) is 75.1 Å². The van der Waals surface area contributed by atoms with Gasteiger partial charge in [-0.25, -0.2) is 0 Å². The first-order valence-electron chi connectivity index (χ1n) is 12.0. The summed E-state index contributed by atoms with van der Waals surface area (Å²) >= 11 is 0. The van der Waals surface area contributed by atoms with Gasteiger partial charge < -0.3 is 4.74 Å². The van der Waals surface area contributed by atoms with Crippen molar-refractivity contribution >= 4 is 17.9 Å². The Labute approximate surface area is 202 Å². The van der Waals surface area contributed by atoms with Crippen LogP contribution in [-0.2, 0) is 16.0 Å². The van der Waals surface area contributed by atoms with Crippen molar-refractivity contribution in [1.82, 2.24) is 4.90 Å². The Kier molecular flexibility index (Phi) is 9.22. The lowest BCUT2D eigenvalue weighted by atomic mass is 9.93. The lowest BCUT2D eigenvalue weighted by molar-refractivity contribution is -0.140. The summed E-state index contributed by atoms with van der Waals surface area (Å²) < 4.78 is 5.82. The van der Waals surface area contributed by atoms with Gasteiger partial charge in [-0.2, -0.15) is 5.26 Å². The standard InChI is InChI=1S/C29H32N2O3/c1-3-4-5-6-10-19-34-25-15-13-24(14-16-25)20-26-22(2)27(21-30)29(33)31(28(26)32)18-17-23-11-8-7-9-12-23/h7-9,11-16,20H,3-6,10,17-19H2,1-2H3/b26-20+. The topological polar surface area (TPSA) is 70.4 Å². The van der Waals surface area contributed by atoms with Crippen molar-refractivity contribution in [3.63, 3.8) is 0 Å². The van der Waals surface area contributed by atoms with Crippen molar-refractivity contribution in [1.29, 1.82) is 5.26 Å². The van der Waals surface area contributed by atoms with Crippen molar-refractivity contribution < 1.29 is 14.3 Å². The lowest BCUT2D eigenvalue weighted by Gasteiger charge is -2.27. The molecule has 0 aromatic heterocycles. The Bertz CT molecular complexity index is 1090. The third-order valence-electron chi connectivity index (χ3n) is 6.00. The normalized spacial score (nSPS) is 15.1. The summed E-state index contributed by atoms with van der Waals surface area (Å²) in [5.74, 6) is -0.108. The molecular formula is C29H32N2O3. The molecule has 2 aromatic rings. The predicted octanol–water partition coefficient (Wildman–Crippen LogP) is 5.87. The van der Waals surface area contributed by atoms with Crippen LogP contribution in [0.2, 0.25) is 0 Å². The van der Waals surface area contributed by atoms with Crippen LogP contribution in [-0.4, -0.2) is 29.9 Å². The number of carbonyl (C=O) groups excluding carboxylic acids is 2. The van der Waals surface area contributed by atoms with Gasteiger partial charge >= 0.3 is 0 Å². The maximum atomic E-state index is 13.2. The van der Waals surface area contributed by atoms with E-state index in [4.69, 9.17) is 4.74 Å². The fraction of sp³-hybridized carbons (Fsp3) is 0.345. The molecule has 0 saturated carbocycles. The molecule has 0 bridgehead atoms. The summed E-state index contributed by atoms with van der Waals surface area (Å²) in [4.78, 5) is 27.2. The second kappa shape index (κ2) is 12.6. The molecule has 0 N–H and O–H groups in total. The van der Waals surface area contributed by atoms with Gasteiger partial charge in [0.1, 0.15) is 17.4 Å². The zero-order valence-corrected chi connectivity index (χ0v) is 20.0. The molecular weight excluding hydrogens is 424 g/mol. The fourth-order valence-electron chi connectivity index (χ4n) is 3.94. The highest BCUT2D eigenvalue weighted by Crippen LogP contribution is 2.27.